The summed E-state index contributed by atoms with van der Waals surface area (Å²) in [6, 6.07) is 5.90. The number of nitrogens with two attached hydrogens (primary N) is 1. The summed E-state index contributed by atoms with van der Waals surface area (Å²) in [5, 5.41) is 8.82. The van der Waals surface area contributed by atoms with Gasteiger partial charge < -0.3 is 15.7 Å². The Morgan fingerprint density at radius 2 is 1.68 bits per heavy atom. The first-order chi connectivity index (χ1) is 8.99. The zero-order valence-corrected chi connectivity index (χ0v) is 10.2. The largest absolute Gasteiger partial charge is 0.480 e. The molecular weight excluding hydrogens is 248 g/mol. The molecule has 0 saturated heterocycles. The van der Waals surface area contributed by atoms with Gasteiger partial charge in [0.15, 0.2) is 0 Å². The molecule has 0 aromatic heterocycles. The fraction of sp³-hybridized carbons (Fsp3) is 0.308. The highest BCUT2D eigenvalue weighted by Crippen LogP contribution is 2.28. The summed E-state index contributed by atoms with van der Waals surface area (Å²) in [4.78, 5) is 35.2. The van der Waals surface area contributed by atoms with E-state index < -0.39 is 11.9 Å². The lowest BCUT2D eigenvalue weighted by molar-refractivity contribution is -0.137. The van der Waals surface area contributed by atoms with E-state index in [4.69, 9.17) is 10.8 Å². The molecule has 1 aromatic rings. The van der Waals surface area contributed by atoms with Crippen LogP contribution in [0.2, 0.25) is 0 Å². The molecule has 0 unspecified atom stereocenters. The van der Waals surface area contributed by atoms with Crippen LogP contribution in [-0.2, 0) is 4.79 Å². The number of nitrogens with zero attached hydrogens (tertiary/aromatic N) is 1. The molecule has 0 heterocycles. The van der Waals surface area contributed by atoms with Gasteiger partial charge in [0, 0.05) is 17.2 Å². The van der Waals surface area contributed by atoms with Crippen molar-refractivity contribution in [2.75, 3.05) is 6.54 Å². The molecule has 0 radical (unpaired) electrons. The summed E-state index contributed by atoms with van der Waals surface area (Å²) >= 11 is 0. The maximum atomic E-state index is 12.2. The quantitative estimate of drug-likeness (QED) is 0.805. The molecule has 3 N–H and O–H groups in total. The van der Waals surface area contributed by atoms with Crippen molar-refractivity contribution in [1.29, 1.82) is 0 Å². The van der Waals surface area contributed by atoms with Crippen molar-refractivity contribution in [3.8, 4) is 0 Å². The van der Waals surface area contributed by atoms with Gasteiger partial charge in [-0.25, -0.2) is 0 Å². The predicted octanol–water partition coefficient (Wildman–Crippen LogP) is 0.475. The Morgan fingerprint density at radius 1 is 1.16 bits per heavy atom. The molecule has 6 heteroatoms. The third-order valence-corrected chi connectivity index (χ3v) is 2.97. The number of primary amides is 1. The zero-order chi connectivity index (χ0) is 14.0. The van der Waals surface area contributed by atoms with E-state index in [9.17, 15) is 14.4 Å². The third kappa shape index (κ3) is 3.09. The molecule has 1 aromatic carbocycles. The second-order valence-corrected chi connectivity index (χ2v) is 4.50. The number of carbonyl (C=O) groups excluding carboxylic acids is 2. The first-order valence-corrected chi connectivity index (χ1v) is 5.91. The number of amides is 2. The predicted molar refractivity (Wildman–Crippen MR) is 66.7 cm³/mol. The molecule has 1 fully saturated rings. The fourth-order valence-corrected chi connectivity index (χ4v) is 1.84. The number of hydrogen-bond acceptors (Lipinski definition) is 3. The van der Waals surface area contributed by atoms with Crippen molar-refractivity contribution in [3.63, 3.8) is 0 Å². The van der Waals surface area contributed by atoms with Gasteiger partial charge in [0.05, 0.1) is 0 Å². The Morgan fingerprint density at radius 3 is 2.11 bits per heavy atom. The SMILES string of the molecule is NC(=O)c1ccc(C(=O)N(CC(=O)O)C2CC2)cc1. The van der Waals surface area contributed by atoms with Crippen LogP contribution in [0.4, 0.5) is 0 Å². The van der Waals surface area contributed by atoms with Crippen LogP contribution in [0.1, 0.15) is 33.6 Å². The van der Waals surface area contributed by atoms with Crippen LogP contribution in [0, 0.1) is 0 Å². The Hall–Kier alpha value is -2.37. The Labute approximate surface area is 109 Å². The lowest BCUT2D eigenvalue weighted by atomic mass is 10.1. The van der Waals surface area contributed by atoms with Gasteiger partial charge in [0.1, 0.15) is 6.54 Å². The van der Waals surface area contributed by atoms with E-state index in [1.807, 2.05) is 0 Å². The monoisotopic (exact) mass is 262 g/mol. The fourth-order valence-electron chi connectivity index (χ4n) is 1.84. The average Bonchev–Trinajstić information content (AvgIpc) is 3.19. The minimum Gasteiger partial charge on any atom is -0.480 e. The number of hydrogen-bond donors (Lipinski definition) is 2. The van der Waals surface area contributed by atoms with Gasteiger partial charge in [-0.05, 0) is 37.1 Å². The van der Waals surface area contributed by atoms with Gasteiger partial charge >= 0.3 is 5.97 Å². The Bertz CT molecular complexity index is 520. The molecule has 1 aliphatic carbocycles. The molecule has 6 nitrogen and oxygen atoms in total. The van der Waals surface area contributed by atoms with Crippen LogP contribution in [0.15, 0.2) is 24.3 Å². The maximum absolute atomic E-state index is 12.2. The molecule has 0 aliphatic heterocycles. The van der Waals surface area contributed by atoms with Crippen LogP contribution < -0.4 is 5.73 Å². The first kappa shape index (κ1) is 13.1. The molecule has 2 amide bonds. The van der Waals surface area contributed by atoms with Crippen LogP contribution >= 0.6 is 0 Å². The lowest BCUT2D eigenvalue weighted by Gasteiger charge is -2.20. The summed E-state index contributed by atoms with van der Waals surface area (Å²) in [6.45, 7) is -0.304. The number of carboxylic acid groups (broad SMARTS) is 1. The number of carboxylic acids is 1. The summed E-state index contributed by atoms with van der Waals surface area (Å²) in [5.74, 6) is -1.93. The highest BCUT2D eigenvalue weighted by Gasteiger charge is 2.34. The summed E-state index contributed by atoms with van der Waals surface area (Å²) in [5.41, 5.74) is 5.78. The van der Waals surface area contributed by atoms with Crippen molar-refractivity contribution in [1.82, 2.24) is 4.90 Å². The summed E-state index contributed by atoms with van der Waals surface area (Å²) in [7, 11) is 0. The molecule has 0 bridgehead atoms. The van der Waals surface area contributed by atoms with Crippen molar-refractivity contribution >= 4 is 17.8 Å². The molecule has 1 saturated carbocycles. The lowest BCUT2D eigenvalue weighted by Crippen LogP contribution is -2.37. The zero-order valence-electron chi connectivity index (χ0n) is 10.2. The normalized spacial score (nSPS) is 13.9. The Balaban J connectivity index is 2.16. The summed E-state index contributed by atoms with van der Waals surface area (Å²) < 4.78 is 0. The van der Waals surface area contributed by atoms with Gasteiger partial charge in [0.2, 0.25) is 5.91 Å². The smallest absolute Gasteiger partial charge is 0.323 e. The van der Waals surface area contributed by atoms with Crippen molar-refractivity contribution < 1.29 is 19.5 Å². The second kappa shape index (κ2) is 5.09. The van der Waals surface area contributed by atoms with E-state index in [0.717, 1.165) is 12.8 Å². The molecule has 1 aliphatic rings. The van der Waals surface area contributed by atoms with Gasteiger partial charge in [-0.3, -0.25) is 14.4 Å². The highest BCUT2D eigenvalue weighted by atomic mass is 16.4. The molecule has 0 atom stereocenters. The number of benzene rings is 1. The topological polar surface area (TPSA) is 101 Å². The van der Waals surface area contributed by atoms with Gasteiger partial charge in [-0.1, -0.05) is 0 Å². The van der Waals surface area contributed by atoms with Crippen LogP contribution in [0.25, 0.3) is 0 Å². The summed E-state index contributed by atoms with van der Waals surface area (Å²) in [6.07, 6.45) is 1.66. The first-order valence-electron chi connectivity index (χ1n) is 5.91. The maximum Gasteiger partial charge on any atom is 0.323 e. The molecule has 2 rings (SSSR count). The van der Waals surface area contributed by atoms with Gasteiger partial charge in [-0.2, -0.15) is 0 Å². The van der Waals surface area contributed by atoms with Gasteiger partial charge in [-0.15, -0.1) is 0 Å². The minimum atomic E-state index is -1.03. The standard InChI is InChI=1S/C13H14N2O4/c14-12(18)8-1-3-9(4-2-8)13(19)15(7-11(16)17)10-5-6-10/h1-4,10H,5-7H2,(H2,14,18)(H,16,17). The second-order valence-electron chi connectivity index (χ2n) is 4.50. The van der Waals surface area contributed by atoms with E-state index in [1.54, 1.807) is 0 Å². The minimum absolute atomic E-state index is 0.0133. The average molecular weight is 262 g/mol. The molecular formula is C13H14N2O4. The van der Waals surface area contributed by atoms with E-state index in [-0.39, 0.29) is 18.5 Å². The van der Waals surface area contributed by atoms with E-state index in [2.05, 4.69) is 0 Å². The van der Waals surface area contributed by atoms with Gasteiger partial charge in [0.25, 0.3) is 5.91 Å². The van der Waals surface area contributed by atoms with E-state index in [0.29, 0.717) is 11.1 Å². The molecule has 0 spiro atoms. The molecule has 19 heavy (non-hydrogen) atoms. The van der Waals surface area contributed by atoms with Crippen LogP contribution in [0.3, 0.4) is 0 Å². The van der Waals surface area contributed by atoms with Crippen molar-refractivity contribution in [2.24, 2.45) is 5.73 Å². The number of rotatable bonds is 5. The third-order valence-electron chi connectivity index (χ3n) is 2.97. The number of carbonyl (C=O) groups is 3. The number of aliphatic carboxylic acids is 1. The van der Waals surface area contributed by atoms with Crippen molar-refractivity contribution in [3.05, 3.63) is 35.4 Å². The molecule has 100 valence electrons. The van der Waals surface area contributed by atoms with E-state index >= 15 is 0 Å². The Kier molecular flexibility index (Phi) is 3.50. The highest BCUT2D eigenvalue weighted by molar-refractivity contribution is 5.98. The van der Waals surface area contributed by atoms with Crippen LogP contribution in [0.5, 0.6) is 0 Å². The van der Waals surface area contributed by atoms with Crippen molar-refractivity contribution in [2.45, 2.75) is 18.9 Å². The van der Waals surface area contributed by atoms with Crippen LogP contribution in [-0.4, -0.2) is 40.4 Å². The van der Waals surface area contributed by atoms with E-state index in [1.165, 1.54) is 29.2 Å².